The number of benzene rings is 3. The second-order valence-corrected chi connectivity index (χ2v) is 9.67. The highest BCUT2D eigenvalue weighted by Gasteiger charge is 2.36. The monoisotopic (exact) mass is 486 g/mol. The summed E-state index contributed by atoms with van der Waals surface area (Å²) in [6.07, 6.45) is 5.00. The van der Waals surface area contributed by atoms with E-state index < -0.39 is 0 Å². The zero-order valence-electron chi connectivity index (χ0n) is 22.0. The van der Waals surface area contributed by atoms with Gasteiger partial charge in [0.2, 0.25) is 0 Å². The molecule has 0 spiro atoms. The van der Waals surface area contributed by atoms with Gasteiger partial charge >= 0.3 is 5.97 Å². The van der Waals surface area contributed by atoms with Gasteiger partial charge in [-0.1, -0.05) is 31.2 Å². The average Bonchev–Trinajstić information content (AvgIpc) is 3.34. The quantitative estimate of drug-likeness (QED) is 0.296. The molecule has 0 aliphatic heterocycles. The number of anilines is 4. The molecular formula is C31H38N2O3. The number of nitrogens with zero attached hydrogens (tertiary/aromatic N) is 1. The van der Waals surface area contributed by atoms with Crippen molar-refractivity contribution in [2.75, 3.05) is 23.4 Å². The van der Waals surface area contributed by atoms with Gasteiger partial charge in [-0.05, 0) is 106 Å². The first kappa shape index (κ1) is 25.6. The van der Waals surface area contributed by atoms with E-state index >= 15 is 0 Å². The van der Waals surface area contributed by atoms with E-state index in [2.05, 4.69) is 72.6 Å². The molecule has 0 radical (unpaired) electrons. The molecule has 0 saturated heterocycles. The van der Waals surface area contributed by atoms with Crippen LogP contribution in [0.3, 0.4) is 0 Å². The van der Waals surface area contributed by atoms with Gasteiger partial charge in [0.05, 0.1) is 0 Å². The summed E-state index contributed by atoms with van der Waals surface area (Å²) in [5.74, 6) is 0.454. The van der Waals surface area contributed by atoms with Crippen molar-refractivity contribution in [1.82, 2.24) is 0 Å². The summed E-state index contributed by atoms with van der Waals surface area (Å²) in [6.45, 7) is 9.04. The molecule has 36 heavy (non-hydrogen) atoms. The molecule has 0 aromatic heterocycles. The van der Waals surface area contributed by atoms with Crippen molar-refractivity contribution in [2.45, 2.75) is 65.4 Å². The Balaban J connectivity index is 1.58. The third-order valence-corrected chi connectivity index (χ3v) is 7.03. The van der Waals surface area contributed by atoms with Crippen molar-refractivity contribution in [3.05, 3.63) is 77.9 Å². The predicted molar refractivity (Wildman–Crippen MR) is 148 cm³/mol. The zero-order valence-corrected chi connectivity index (χ0v) is 22.0. The standard InChI is InChI=1S/C31H38N2O3/c1-5-31(17-10-11-18-31)36-29(34)22-35-30-23(3)19-28(20-24(30)4)33(26-14-8-7-9-15-26)27-16-12-13-25(21-27)32-6-2/h7-9,12-16,19-21,32H,5-6,10-11,17-18,22H2,1-4H3. The average molecular weight is 487 g/mol. The number of para-hydroxylation sites is 1. The fourth-order valence-corrected chi connectivity index (χ4v) is 5.22. The Morgan fingerprint density at radius 1 is 0.889 bits per heavy atom. The van der Waals surface area contributed by atoms with Crippen molar-refractivity contribution in [2.24, 2.45) is 0 Å². The smallest absolute Gasteiger partial charge is 0.344 e. The van der Waals surface area contributed by atoms with Crippen LogP contribution in [0.5, 0.6) is 5.75 Å². The van der Waals surface area contributed by atoms with Gasteiger partial charge in [-0.15, -0.1) is 0 Å². The molecule has 190 valence electrons. The number of rotatable bonds is 10. The molecule has 0 bridgehead atoms. The van der Waals surface area contributed by atoms with Gasteiger partial charge in [-0.3, -0.25) is 0 Å². The van der Waals surface area contributed by atoms with Crippen molar-refractivity contribution in [1.29, 1.82) is 0 Å². The van der Waals surface area contributed by atoms with Crippen LogP contribution in [0, 0.1) is 13.8 Å². The van der Waals surface area contributed by atoms with Gasteiger partial charge < -0.3 is 19.7 Å². The SMILES string of the molecule is CCNc1cccc(N(c2ccccc2)c2cc(C)c(OCC(=O)OC3(CC)CCCC3)c(C)c2)c1. The Kier molecular flexibility index (Phi) is 8.19. The molecule has 5 heteroatoms. The number of nitrogens with one attached hydrogen (secondary N) is 1. The largest absolute Gasteiger partial charge is 0.481 e. The summed E-state index contributed by atoms with van der Waals surface area (Å²) >= 11 is 0. The summed E-state index contributed by atoms with van der Waals surface area (Å²) in [5.41, 5.74) is 5.91. The maximum atomic E-state index is 12.6. The summed E-state index contributed by atoms with van der Waals surface area (Å²) in [6, 6.07) is 23.0. The van der Waals surface area contributed by atoms with Gasteiger partial charge in [0, 0.05) is 29.3 Å². The van der Waals surface area contributed by atoms with E-state index in [1.54, 1.807) is 0 Å². The van der Waals surface area contributed by atoms with E-state index in [0.29, 0.717) is 0 Å². The molecule has 4 rings (SSSR count). The van der Waals surface area contributed by atoms with E-state index in [9.17, 15) is 4.79 Å². The molecule has 0 amide bonds. The van der Waals surface area contributed by atoms with Crippen LogP contribution in [0.2, 0.25) is 0 Å². The van der Waals surface area contributed by atoms with Crippen LogP contribution in [-0.2, 0) is 9.53 Å². The first-order chi connectivity index (χ1) is 17.4. The molecule has 1 N–H and O–H groups in total. The Bertz CT molecular complexity index is 1150. The molecule has 1 fully saturated rings. The van der Waals surface area contributed by atoms with Crippen LogP contribution in [0.25, 0.3) is 0 Å². The lowest BCUT2D eigenvalue weighted by atomic mass is 9.99. The summed E-state index contributed by atoms with van der Waals surface area (Å²) in [4.78, 5) is 14.9. The molecule has 0 unspecified atom stereocenters. The number of esters is 1. The number of hydrogen-bond acceptors (Lipinski definition) is 5. The third kappa shape index (κ3) is 5.84. The van der Waals surface area contributed by atoms with Gasteiger partial charge in [0.1, 0.15) is 11.4 Å². The van der Waals surface area contributed by atoms with E-state index in [-0.39, 0.29) is 18.2 Å². The van der Waals surface area contributed by atoms with Crippen LogP contribution in [0.15, 0.2) is 66.7 Å². The molecule has 0 heterocycles. The van der Waals surface area contributed by atoms with Gasteiger partial charge in [0.15, 0.2) is 6.61 Å². The van der Waals surface area contributed by atoms with Crippen LogP contribution in [0.1, 0.15) is 57.1 Å². The summed E-state index contributed by atoms with van der Waals surface area (Å²) in [7, 11) is 0. The summed E-state index contributed by atoms with van der Waals surface area (Å²) in [5, 5.41) is 3.41. The van der Waals surface area contributed by atoms with Crippen LogP contribution < -0.4 is 15.0 Å². The van der Waals surface area contributed by atoms with E-state index in [1.165, 1.54) is 0 Å². The van der Waals surface area contributed by atoms with Crippen molar-refractivity contribution < 1.29 is 14.3 Å². The fourth-order valence-electron chi connectivity index (χ4n) is 5.22. The highest BCUT2D eigenvalue weighted by atomic mass is 16.6. The van der Waals surface area contributed by atoms with E-state index in [4.69, 9.17) is 9.47 Å². The molecule has 1 aliphatic carbocycles. The van der Waals surface area contributed by atoms with Crippen molar-refractivity contribution >= 4 is 28.7 Å². The second kappa shape index (κ2) is 11.5. The zero-order chi connectivity index (χ0) is 25.5. The Morgan fingerprint density at radius 2 is 1.56 bits per heavy atom. The number of aryl methyl sites for hydroxylation is 2. The lowest BCUT2D eigenvalue weighted by Gasteiger charge is -2.28. The molecular weight excluding hydrogens is 448 g/mol. The predicted octanol–water partition coefficient (Wildman–Crippen LogP) is 7.85. The number of hydrogen-bond donors (Lipinski definition) is 1. The third-order valence-electron chi connectivity index (χ3n) is 7.03. The molecule has 0 atom stereocenters. The highest BCUT2D eigenvalue weighted by molar-refractivity contribution is 5.79. The Hall–Kier alpha value is -3.47. The molecule has 5 nitrogen and oxygen atoms in total. The minimum Gasteiger partial charge on any atom is -0.481 e. The maximum absolute atomic E-state index is 12.6. The van der Waals surface area contributed by atoms with Crippen LogP contribution >= 0.6 is 0 Å². The first-order valence-corrected chi connectivity index (χ1v) is 13.1. The lowest BCUT2D eigenvalue weighted by molar-refractivity contribution is -0.162. The van der Waals surface area contributed by atoms with Gasteiger partial charge in [-0.25, -0.2) is 4.79 Å². The molecule has 1 saturated carbocycles. The normalized spacial score (nSPS) is 14.3. The summed E-state index contributed by atoms with van der Waals surface area (Å²) < 4.78 is 11.9. The lowest BCUT2D eigenvalue weighted by Crippen LogP contribution is -2.33. The second-order valence-electron chi connectivity index (χ2n) is 9.67. The molecule has 3 aromatic rings. The van der Waals surface area contributed by atoms with Crippen molar-refractivity contribution in [3.8, 4) is 5.75 Å². The Labute approximate surface area is 215 Å². The van der Waals surface area contributed by atoms with Gasteiger partial charge in [0.25, 0.3) is 0 Å². The molecule has 3 aromatic carbocycles. The number of carbonyl (C=O) groups is 1. The topological polar surface area (TPSA) is 50.8 Å². The first-order valence-electron chi connectivity index (χ1n) is 13.1. The molecule has 1 aliphatic rings. The van der Waals surface area contributed by atoms with E-state index in [0.717, 1.165) is 78.3 Å². The van der Waals surface area contributed by atoms with Crippen molar-refractivity contribution in [3.63, 3.8) is 0 Å². The van der Waals surface area contributed by atoms with E-state index in [1.807, 2.05) is 32.0 Å². The number of ether oxygens (including phenoxy) is 2. The van der Waals surface area contributed by atoms with Gasteiger partial charge in [-0.2, -0.15) is 0 Å². The minimum absolute atomic E-state index is 0.0735. The van der Waals surface area contributed by atoms with Crippen LogP contribution in [0.4, 0.5) is 22.7 Å². The minimum atomic E-state index is -0.300. The fraction of sp³-hybridized carbons (Fsp3) is 0.387. The highest BCUT2D eigenvalue weighted by Crippen LogP contribution is 2.39. The maximum Gasteiger partial charge on any atom is 0.344 e. The number of carbonyl (C=O) groups excluding carboxylic acids is 1. The Morgan fingerprint density at radius 3 is 2.19 bits per heavy atom. The van der Waals surface area contributed by atoms with Crippen LogP contribution in [-0.4, -0.2) is 24.7 Å².